The number of rotatable bonds is 3. The number of nitrogens with zero attached hydrogens (tertiary/aromatic N) is 2. The molecule has 2 aliphatic rings. The minimum atomic E-state index is 0.707. The van der Waals surface area contributed by atoms with E-state index >= 15 is 0 Å². The minimum absolute atomic E-state index is 0.707. The van der Waals surface area contributed by atoms with E-state index in [0.29, 0.717) is 6.04 Å². The molecule has 0 aromatic heterocycles. The minimum Gasteiger partial charge on any atom is -0.300 e. The molecule has 19 heavy (non-hydrogen) atoms. The van der Waals surface area contributed by atoms with Crippen molar-refractivity contribution in [3.8, 4) is 0 Å². The van der Waals surface area contributed by atoms with Crippen LogP contribution in [0.3, 0.4) is 0 Å². The van der Waals surface area contributed by atoms with Gasteiger partial charge >= 0.3 is 0 Å². The van der Waals surface area contributed by atoms with Crippen molar-refractivity contribution in [2.45, 2.75) is 31.8 Å². The number of hydrogen-bond acceptors (Lipinski definition) is 2. The molecule has 0 bridgehead atoms. The summed E-state index contributed by atoms with van der Waals surface area (Å²) in [6.07, 6.45) is 6.42. The first-order valence-corrected chi connectivity index (χ1v) is 7.48. The first kappa shape index (κ1) is 12.9. The number of hydrogen-bond donors (Lipinski definition) is 0. The highest BCUT2D eigenvalue weighted by Crippen LogP contribution is 2.25. The molecule has 2 heterocycles. The molecule has 0 aliphatic carbocycles. The van der Waals surface area contributed by atoms with Crippen LogP contribution in [-0.4, -0.2) is 42.5 Å². The molecular weight excluding hydrogens is 232 g/mol. The summed E-state index contributed by atoms with van der Waals surface area (Å²) in [5, 5.41) is 0. The molecule has 0 N–H and O–H groups in total. The zero-order valence-corrected chi connectivity index (χ0v) is 11.9. The molecule has 0 amide bonds. The van der Waals surface area contributed by atoms with Gasteiger partial charge < -0.3 is 0 Å². The third kappa shape index (κ3) is 3.07. The monoisotopic (exact) mass is 256 g/mol. The molecule has 2 nitrogen and oxygen atoms in total. The Morgan fingerprint density at radius 3 is 2.74 bits per heavy atom. The smallest absolute Gasteiger partial charge is 0.0317 e. The van der Waals surface area contributed by atoms with Crippen molar-refractivity contribution in [1.82, 2.24) is 9.80 Å². The topological polar surface area (TPSA) is 6.48 Å². The van der Waals surface area contributed by atoms with Gasteiger partial charge in [-0.15, -0.1) is 0 Å². The molecule has 0 saturated carbocycles. The third-order valence-electron chi connectivity index (χ3n) is 4.46. The Kier molecular flexibility index (Phi) is 4.00. The summed E-state index contributed by atoms with van der Waals surface area (Å²) >= 11 is 0. The van der Waals surface area contributed by atoms with Crippen molar-refractivity contribution in [3.63, 3.8) is 0 Å². The number of likely N-dealkylation sites (tertiary alicyclic amines) is 1. The largest absolute Gasteiger partial charge is 0.300 e. The Bertz CT molecular complexity index is 438. The standard InChI is InChI=1S/C17H24N2/c1-18-11-6-10-17(18)16-9-5-12-19(14-16)13-15-7-3-2-4-8-15/h2-4,7-9,17H,5-6,10-14H2,1H3/t17-/m1/s1. The van der Waals surface area contributed by atoms with Gasteiger partial charge in [-0.3, -0.25) is 9.80 Å². The van der Waals surface area contributed by atoms with Gasteiger partial charge in [0.05, 0.1) is 0 Å². The highest BCUT2D eigenvalue weighted by Gasteiger charge is 2.26. The lowest BCUT2D eigenvalue weighted by molar-refractivity contribution is 0.253. The van der Waals surface area contributed by atoms with Gasteiger partial charge in [-0.2, -0.15) is 0 Å². The van der Waals surface area contributed by atoms with E-state index in [4.69, 9.17) is 0 Å². The molecule has 3 rings (SSSR count). The van der Waals surface area contributed by atoms with Gasteiger partial charge in [0, 0.05) is 25.7 Å². The zero-order valence-electron chi connectivity index (χ0n) is 11.9. The van der Waals surface area contributed by atoms with Gasteiger partial charge in [-0.25, -0.2) is 0 Å². The summed E-state index contributed by atoms with van der Waals surface area (Å²) in [7, 11) is 2.27. The molecule has 102 valence electrons. The van der Waals surface area contributed by atoms with Crippen molar-refractivity contribution in [2.75, 3.05) is 26.7 Å². The quantitative estimate of drug-likeness (QED) is 0.767. The van der Waals surface area contributed by atoms with Gasteiger partial charge in [0.15, 0.2) is 0 Å². The van der Waals surface area contributed by atoms with E-state index < -0.39 is 0 Å². The molecule has 0 radical (unpaired) electrons. The summed E-state index contributed by atoms with van der Waals surface area (Å²) in [6, 6.07) is 11.6. The van der Waals surface area contributed by atoms with Gasteiger partial charge in [-0.1, -0.05) is 36.4 Å². The lowest BCUT2D eigenvalue weighted by atomic mass is 9.99. The van der Waals surface area contributed by atoms with Crippen LogP contribution >= 0.6 is 0 Å². The first-order valence-electron chi connectivity index (χ1n) is 7.48. The first-order chi connectivity index (χ1) is 9.33. The van der Waals surface area contributed by atoms with Crippen LogP contribution in [-0.2, 0) is 6.54 Å². The molecule has 1 atom stereocenters. The van der Waals surface area contributed by atoms with Crippen LogP contribution in [0.4, 0.5) is 0 Å². The Labute approximate surface area is 116 Å². The Balaban J connectivity index is 1.63. The predicted molar refractivity (Wildman–Crippen MR) is 80.1 cm³/mol. The SMILES string of the molecule is CN1CCC[C@@H]1C1=CCCN(Cc2ccccc2)C1. The van der Waals surface area contributed by atoms with E-state index in [2.05, 4.69) is 53.3 Å². The van der Waals surface area contributed by atoms with Crippen molar-refractivity contribution in [2.24, 2.45) is 0 Å². The second-order valence-electron chi connectivity index (χ2n) is 5.90. The number of benzene rings is 1. The fourth-order valence-electron chi connectivity index (χ4n) is 3.43. The fourth-order valence-corrected chi connectivity index (χ4v) is 3.43. The average Bonchev–Trinajstić information content (AvgIpc) is 2.86. The van der Waals surface area contributed by atoms with Crippen LogP contribution < -0.4 is 0 Å². The van der Waals surface area contributed by atoms with Crippen molar-refractivity contribution in [3.05, 3.63) is 47.5 Å². The van der Waals surface area contributed by atoms with Crippen LogP contribution in [0.25, 0.3) is 0 Å². The van der Waals surface area contributed by atoms with Crippen LogP contribution in [0, 0.1) is 0 Å². The molecule has 2 aliphatic heterocycles. The molecule has 1 saturated heterocycles. The van der Waals surface area contributed by atoms with E-state index in [0.717, 1.165) is 13.1 Å². The van der Waals surface area contributed by atoms with E-state index in [1.807, 2.05) is 0 Å². The lowest BCUT2D eigenvalue weighted by Gasteiger charge is -2.32. The Hall–Kier alpha value is -1.12. The van der Waals surface area contributed by atoms with E-state index in [9.17, 15) is 0 Å². The summed E-state index contributed by atoms with van der Waals surface area (Å²) in [6.45, 7) is 4.72. The van der Waals surface area contributed by atoms with E-state index in [1.54, 1.807) is 5.57 Å². The normalized spacial score (nSPS) is 25.5. The van der Waals surface area contributed by atoms with Gasteiger partial charge in [-0.05, 0) is 44.0 Å². The second-order valence-corrected chi connectivity index (χ2v) is 5.90. The Morgan fingerprint density at radius 1 is 1.16 bits per heavy atom. The van der Waals surface area contributed by atoms with Gasteiger partial charge in [0.2, 0.25) is 0 Å². The van der Waals surface area contributed by atoms with Crippen LogP contribution in [0.1, 0.15) is 24.8 Å². The third-order valence-corrected chi connectivity index (χ3v) is 4.46. The second kappa shape index (κ2) is 5.89. The van der Waals surface area contributed by atoms with Crippen molar-refractivity contribution < 1.29 is 0 Å². The molecule has 0 spiro atoms. The molecule has 1 fully saturated rings. The maximum Gasteiger partial charge on any atom is 0.0317 e. The maximum absolute atomic E-state index is 2.59. The summed E-state index contributed by atoms with van der Waals surface area (Å²) < 4.78 is 0. The lowest BCUT2D eigenvalue weighted by Crippen LogP contribution is -2.37. The Morgan fingerprint density at radius 2 is 2.00 bits per heavy atom. The molecule has 1 aromatic carbocycles. The molecule has 2 heteroatoms. The summed E-state index contributed by atoms with van der Waals surface area (Å²) in [5.74, 6) is 0. The molecule has 0 unspecified atom stereocenters. The highest BCUT2D eigenvalue weighted by atomic mass is 15.2. The van der Waals surface area contributed by atoms with E-state index in [-0.39, 0.29) is 0 Å². The maximum atomic E-state index is 2.59. The summed E-state index contributed by atoms with van der Waals surface area (Å²) in [4.78, 5) is 5.12. The van der Waals surface area contributed by atoms with Crippen LogP contribution in [0.15, 0.2) is 42.0 Å². The number of likely N-dealkylation sites (N-methyl/N-ethyl adjacent to an activating group) is 1. The average molecular weight is 256 g/mol. The summed E-state index contributed by atoms with van der Waals surface area (Å²) in [5.41, 5.74) is 3.09. The van der Waals surface area contributed by atoms with E-state index in [1.165, 1.54) is 37.9 Å². The van der Waals surface area contributed by atoms with Gasteiger partial charge in [0.25, 0.3) is 0 Å². The van der Waals surface area contributed by atoms with Crippen molar-refractivity contribution in [1.29, 1.82) is 0 Å². The van der Waals surface area contributed by atoms with Gasteiger partial charge in [0.1, 0.15) is 0 Å². The van der Waals surface area contributed by atoms with Crippen LogP contribution in [0.5, 0.6) is 0 Å². The highest BCUT2D eigenvalue weighted by molar-refractivity contribution is 5.19. The van der Waals surface area contributed by atoms with Crippen LogP contribution in [0.2, 0.25) is 0 Å². The fraction of sp³-hybridized carbons (Fsp3) is 0.529. The van der Waals surface area contributed by atoms with Crippen molar-refractivity contribution >= 4 is 0 Å². The predicted octanol–water partition coefficient (Wildman–Crippen LogP) is 2.91. The molecule has 1 aromatic rings. The molecular formula is C17H24N2. The zero-order chi connectivity index (χ0) is 13.1.